The Labute approximate surface area is 195 Å². The van der Waals surface area contributed by atoms with Crippen LogP contribution in [0, 0.1) is 0 Å². The Morgan fingerprint density at radius 2 is 1.74 bits per heavy atom. The number of carbonyl (C=O) groups excluding carboxylic acids is 2. The lowest BCUT2D eigenvalue weighted by atomic mass is 9.98. The zero-order valence-electron chi connectivity index (χ0n) is 18.4. The normalized spacial score (nSPS) is 17.1. The van der Waals surface area contributed by atoms with E-state index in [0.29, 0.717) is 13.0 Å². The number of rotatable bonds is 5. The first-order chi connectivity index (χ1) is 16.5. The molecule has 0 bridgehead atoms. The highest BCUT2D eigenvalue weighted by molar-refractivity contribution is 5.96. The highest BCUT2D eigenvalue weighted by Crippen LogP contribution is 2.44. The smallest absolute Gasteiger partial charge is 0.412 e. The van der Waals surface area contributed by atoms with Crippen LogP contribution < -0.4 is 5.32 Å². The number of nitrogens with one attached hydrogen (secondary N) is 2. The number of hydrogen-bond donors (Lipinski definition) is 3. The van der Waals surface area contributed by atoms with Crippen molar-refractivity contribution in [1.29, 1.82) is 0 Å². The maximum absolute atomic E-state index is 12.8. The number of benzene rings is 2. The number of carbonyl (C=O) groups is 3. The van der Waals surface area contributed by atoms with Crippen LogP contribution in [-0.4, -0.2) is 57.4 Å². The van der Waals surface area contributed by atoms with E-state index in [0.717, 1.165) is 35.1 Å². The average molecular weight is 460 g/mol. The van der Waals surface area contributed by atoms with E-state index < -0.39 is 24.0 Å². The monoisotopic (exact) mass is 460 g/mol. The standard InChI is InChI=1S/C25H24N4O5/c30-23(29-12-6-5-11-21(29)24(31)32)20-13-22(28-27-20)26-25(33)34-14-19-17-9-3-1-7-15(17)16-8-2-4-10-18(16)19/h1-4,7-10,13,19,21H,5-6,11-12,14H2,(H,31,32)(H2,26,27,28,33)/t21-/m1/s1. The summed E-state index contributed by atoms with van der Waals surface area (Å²) in [5.74, 6) is -1.42. The first-order valence-electron chi connectivity index (χ1n) is 11.2. The fourth-order valence-corrected chi connectivity index (χ4v) is 4.82. The van der Waals surface area contributed by atoms with Crippen LogP contribution in [-0.2, 0) is 9.53 Å². The molecule has 0 radical (unpaired) electrons. The van der Waals surface area contributed by atoms with Crippen LogP contribution in [0.1, 0.15) is 46.8 Å². The molecule has 3 aromatic rings. The van der Waals surface area contributed by atoms with Gasteiger partial charge in [0.25, 0.3) is 5.91 Å². The van der Waals surface area contributed by atoms with Crippen LogP contribution in [0.3, 0.4) is 0 Å². The van der Waals surface area contributed by atoms with Gasteiger partial charge in [-0.2, -0.15) is 5.10 Å². The van der Waals surface area contributed by atoms with Crippen molar-refractivity contribution in [2.24, 2.45) is 0 Å². The Morgan fingerprint density at radius 1 is 1.06 bits per heavy atom. The Bertz CT molecular complexity index is 1210. The van der Waals surface area contributed by atoms with Gasteiger partial charge in [-0.05, 0) is 41.5 Å². The van der Waals surface area contributed by atoms with E-state index in [1.807, 2.05) is 36.4 Å². The van der Waals surface area contributed by atoms with Crippen LogP contribution in [0.4, 0.5) is 10.6 Å². The molecule has 9 nitrogen and oxygen atoms in total. The molecule has 2 heterocycles. The SMILES string of the molecule is O=C(Nc1cc(C(=O)N2CCCC[C@@H]2C(=O)O)[nH]n1)OCC1c2ccccc2-c2ccccc21. The molecule has 0 spiro atoms. The molecule has 1 aromatic heterocycles. The highest BCUT2D eigenvalue weighted by atomic mass is 16.5. The number of carboxylic acid groups (broad SMARTS) is 1. The Kier molecular flexibility index (Phi) is 5.75. The van der Waals surface area contributed by atoms with Crippen LogP contribution in [0.5, 0.6) is 0 Å². The lowest BCUT2D eigenvalue weighted by Gasteiger charge is -2.32. The van der Waals surface area contributed by atoms with Crippen molar-refractivity contribution in [2.75, 3.05) is 18.5 Å². The number of likely N-dealkylation sites (tertiary alicyclic amines) is 1. The number of aliphatic carboxylic acids is 1. The second kappa shape index (κ2) is 9.01. The molecule has 1 saturated heterocycles. The summed E-state index contributed by atoms with van der Waals surface area (Å²) in [4.78, 5) is 38.1. The van der Waals surface area contributed by atoms with Gasteiger partial charge in [0.1, 0.15) is 18.3 Å². The minimum atomic E-state index is -1.02. The van der Waals surface area contributed by atoms with E-state index in [9.17, 15) is 19.5 Å². The topological polar surface area (TPSA) is 125 Å². The van der Waals surface area contributed by atoms with Crippen molar-refractivity contribution in [3.63, 3.8) is 0 Å². The molecule has 2 aliphatic rings. The van der Waals surface area contributed by atoms with Gasteiger partial charge in [0.05, 0.1) is 0 Å². The number of aromatic amines is 1. The molecule has 1 aliphatic carbocycles. The summed E-state index contributed by atoms with van der Waals surface area (Å²) < 4.78 is 5.50. The van der Waals surface area contributed by atoms with Gasteiger partial charge in [-0.15, -0.1) is 0 Å². The third-order valence-corrected chi connectivity index (χ3v) is 6.43. The fourth-order valence-electron chi connectivity index (χ4n) is 4.82. The fraction of sp³-hybridized carbons (Fsp3) is 0.280. The van der Waals surface area contributed by atoms with Crippen molar-refractivity contribution < 1.29 is 24.2 Å². The number of H-pyrrole nitrogens is 1. The number of aromatic nitrogens is 2. The van der Waals surface area contributed by atoms with Gasteiger partial charge in [0.15, 0.2) is 5.82 Å². The summed E-state index contributed by atoms with van der Waals surface area (Å²) in [7, 11) is 0. The number of ether oxygens (including phenoxy) is 1. The zero-order valence-corrected chi connectivity index (χ0v) is 18.4. The highest BCUT2D eigenvalue weighted by Gasteiger charge is 2.33. The van der Waals surface area contributed by atoms with E-state index >= 15 is 0 Å². The van der Waals surface area contributed by atoms with Crippen molar-refractivity contribution in [3.05, 3.63) is 71.4 Å². The molecule has 5 rings (SSSR count). The van der Waals surface area contributed by atoms with E-state index in [2.05, 4.69) is 27.6 Å². The summed E-state index contributed by atoms with van der Waals surface area (Å²) >= 11 is 0. The number of amides is 2. The molecule has 174 valence electrons. The quantitative estimate of drug-likeness (QED) is 0.531. The van der Waals surface area contributed by atoms with E-state index in [-0.39, 0.29) is 24.0 Å². The summed E-state index contributed by atoms with van der Waals surface area (Å²) in [5, 5.41) is 18.5. The summed E-state index contributed by atoms with van der Waals surface area (Å²) in [5.41, 5.74) is 4.61. The zero-order chi connectivity index (χ0) is 23.7. The minimum Gasteiger partial charge on any atom is -0.480 e. The molecule has 1 atom stereocenters. The van der Waals surface area contributed by atoms with Gasteiger partial charge in [-0.3, -0.25) is 15.2 Å². The van der Waals surface area contributed by atoms with Gasteiger partial charge in [-0.25, -0.2) is 9.59 Å². The summed E-state index contributed by atoms with van der Waals surface area (Å²) in [6, 6.07) is 16.7. The van der Waals surface area contributed by atoms with E-state index in [1.54, 1.807) is 0 Å². The van der Waals surface area contributed by atoms with E-state index in [1.165, 1.54) is 11.0 Å². The average Bonchev–Trinajstić information content (AvgIpc) is 3.45. The Balaban J connectivity index is 1.23. The molecule has 2 amide bonds. The van der Waals surface area contributed by atoms with Crippen LogP contribution in [0.15, 0.2) is 54.6 Å². The molecule has 2 aromatic carbocycles. The molecule has 0 unspecified atom stereocenters. The molecule has 9 heteroatoms. The number of carboxylic acids is 1. The summed E-state index contributed by atoms with van der Waals surface area (Å²) in [6.45, 7) is 0.522. The van der Waals surface area contributed by atoms with Gasteiger partial charge in [0.2, 0.25) is 0 Å². The van der Waals surface area contributed by atoms with E-state index in [4.69, 9.17) is 4.74 Å². The largest absolute Gasteiger partial charge is 0.480 e. The lowest BCUT2D eigenvalue weighted by molar-refractivity contribution is -0.143. The first kappa shape index (κ1) is 21.7. The molecule has 34 heavy (non-hydrogen) atoms. The van der Waals surface area contributed by atoms with Gasteiger partial charge < -0.3 is 14.7 Å². The van der Waals surface area contributed by atoms with Crippen molar-refractivity contribution in [2.45, 2.75) is 31.2 Å². The number of nitrogens with zero attached hydrogens (tertiary/aromatic N) is 2. The van der Waals surface area contributed by atoms with Crippen molar-refractivity contribution >= 4 is 23.8 Å². The van der Waals surface area contributed by atoms with Crippen LogP contribution >= 0.6 is 0 Å². The predicted molar refractivity (Wildman–Crippen MR) is 124 cm³/mol. The Morgan fingerprint density at radius 3 is 2.41 bits per heavy atom. The summed E-state index contributed by atoms with van der Waals surface area (Å²) in [6.07, 6.45) is 1.24. The second-order valence-corrected chi connectivity index (χ2v) is 8.47. The maximum atomic E-state index is 12.8. The minimum absolute atomic E-state index is 0.0680. The van der Waals surface area contributed by atoms with Gasteiger partial charge >= 0.3 is 12.1 Å². The third kappa shape index (κ3) is 4.00. The number of anilines is 1. The molecular formula is C25H24N4O5. The Hall–Kier alpha value is -4.14. The molecule has 1 aliphatic heterocycles. The molecule has 3 N–H and O–H groups in total. The van der Waals surface area contributed by atoms with Crippen molar-refractivity contribution in [3.8, 4) is 11.1 Å². The van der Waals surface area contributed by atoms with Crippen LogP contribution in [0.25, 0.3) is 11.1 Å². The van der Waals surface area contributed by atoms with Gasteiger partial charge in [-0.1, -0.05) is 48.5 Å². The third-order valence-electron chi connectivity index (χ3n) is 6.43. The molecule has 0 saturated carbocycles. The number of hydrogen-bond acceptors (Lipinski definition) is 5. The lowest BCUT2D eigenvalue weighted by Crippen LogP contribution is -2.48. The maximum Gasteiger partial charge on any atom is 0.412 e. The number of fused-ring (bicyclic) bond motifs is 3. The first-order valence-corrected chi connectivity index (χ1v) is 11.2. The molecule has 1 fully saturated rings. The number of piperidine rings is 1. The van der Waals surface area contributed by atoms with Gasteiger partial charge in [0, 0.05) is 18.5 Å². The molecular weight excluding hydrogens is 436 g/mol. The van der Waals surface area contributed by atoms with Crippen LogP contribution in [0.2, 0.25) is 0 Å². The van der Waals surface area contributed by atoms with Crippen molar-refractivity contribution in [1.82, 2.24) is 15.1 Å². The predicted octanol–water partition coefficient (Wildman–Crippen LogP) is 3.85. The second-order valence-electron chi connectivity index (χ2n) is 8.47.